The fourth-order valence-electron chi connectivity index (χ4n) is 4.25. The molecule has 11 heteroatoms. The first-order chi connectivity index (χ1) is 17.7. The van der Waals surface area contributed by atoms with E-state index in [0.29, 0.717) is 27.8 Å². The van der Waals surface area contributed by atoms with Crippen molar-refractivity contribution in [2.75, 3.05) is 0 Å². The number of rotatable bonds is 6. The van der Waals surface area contributed by atoms with E-state index in [1.54, 1.807) is 32.3 Å². The highest BCUT2D eigenvalue weighted by Crippen LogP contribution is 2.45. The summed E-state index contributed by atoms with van der Waals surface area (Å²) in [5, 5.41) is 0. The quantitative estimate of drug-likeness (QED) is 0.251. The van der Waals surface area contributed by atoms with Gasteiger partial charge in [0.2, 0.25) is 0 Å². The number of aryl methyl sites for hydroxylation is 1. The number of nitrogens with one attached hydrogen (secondary N) is 2. The molecule has 204 valence electrons. The number of fused-ring (bicyclic) bond motifs is 1. The first-order valence-electron chi connectivity index (χ1n) is 12.0. The SMILES string of the molecule is C[C@H](N[S+]([O-])C(C)(C)C)c1cc(=O)n(C)cc1-c1cc2c(cc1C(=O)c1ccc(F)cc1)CNS(O)(O)C2. The van der Waals surface area contributed by atoms with Crippen LogP contribution < -0.4 is 15.0 Å². The number of carbonyl (C=O) groups is 1. The molecule has 0 aliphatic carbocycles. The topological polar surface area (TPSA) is 127 Å². The van der Waals surface area contributed by atoms with Gasteiger partial charge in [0.1, 0.15) is 10.6 Å². The fourth-order valence-corrected chi connectivity index (χ4v) is 6.24. The van der Waals surface area contributed by atoms with E-state index in [9.17, 15) is 27.6 Å². The third-order valence-corrected chi connectivity index (χ3v) is 9.40. The predicted octanol–water partition coefficient (Wildman–Crippen LogP) is 4.80. The standard InChI is InChI=1S/C27H32FN3O5S2/c1-16(30-37(34)27(2,3)4)21-12-25(32)31(5)14-24(21)22-11-19-15-38(35,36)29-13-18(19)10-23(22)26(33)17-6-8-20(28)9-7-17/h6-12,14,16,29-30,35-36H,13,15H2,1-5H3/t16-,37?/m0/s1. The Balaban J connectivity index is 1.94. The summed E-state index contributed by atoms with van der Waals surface area (Å²) in [6.07, 6.45) is 1.62. The predicted molar refractivity (Wildman–Crippen MR) is 150 cm³/mol. The first kappa shape index (κ1) is 28.5. The van der Waals surface area contributed by atoms with Crippen LogP contribution >= 0.6 is 10.8 Å². The number of halogens is 1. The van der Waals surface area contributed by atoms with Gasteiger partial charge in [0.15, 0.2) is 5.78 Å². The van der Waals surface area contributed by atoms with Crippen LogP contribution in [0.2, 0.25) is 0 Å². The molecule has 0 amide bonds. The Kier molecular flexibility index (Phi) is 7.93. The van der Waals surface area contributed by atoms with Gasteiger partial charge in [0.05, 0.1) is 11.8 Å². The second kappa shape index (κ2) is 10.6. The summed E-state index contributed by atoms with van der Waals surface area (Å²) in [6.45, 7) is 7.46. The molecule has 2 heterocycles. The van der Waals surface area contributed by atoms with Crippen LogP contribution in [-0.4, -0.2) is 28.8 Å². The fraction of sp³-hybridized carbons (Fsp3) is 0.333. The van der Waals surface area contributed by atoms with Crippen molar-refractivity contribution in [3.05, 3.63) is 92.6 Å². The lowest BCUT2D eigenvalue weighted by molar-refractivity contribution is 0.103. The molecule has 0 saturated heterocycles. The van der Waals surface area contributed by atoms with Gasteiger partial charge < -0.3 is 9.12 Å². The lowest BCUT2D eigenvalue weighted by atomic mass is 9.87. The summed E-state index contributed by atoms with van der Waals surface area (Å²) in [5.41, 5.74) is 3.30. The molecule has 1 aliphatic heterocycles. The minimum Gasteiger partial charge on any atom is -0.598 e. The Morgan fingerprint density at radius 1 is 1.16 bits per heavy atom. The van der Waals surface area contributed by atoms with Gasteiger partial charge in [-0.2, -0.15) is 0 Å². The van der Waals surface area contributed by atoms with Crippen molar-refractivity contribution in [3.8, 4) is 11.1 Å². The van der Waals surface area contributed by atoms with Crippen LogP contribution in [0.4, 0.5) is 4.39 Å². The van der Waals surface area contributed by atoms with Gasteiger partial charge in [-0.1, -0.05) is 0 Å². The highest BCUT2D eigenvalue weighted by atomic mass is 32.3. The average Bonchev–Trinajstić information content (AvgIpc) is 2.83. The molecule has 38 heavy (non-hydrogen) atoms. The van der Waals surface area contributed by atoms with Crippen LogP contribution in [0.1, 0.15) is 66.3 Å². The smallest absolute Gasteiger partial charge is 0.250 e. The average molecular weight is 562 g/mol. The minimum atomic E-state index is -3.04. The lowest BCUT2D eigenvalue weighted by Crippen LogP contribution is -2.41. The molecular weight excluding hydrogens is 529 g/mol. The van der Waals surface area contributed by atoms with Gasteiger partial charge in [-0.05, 0) is 86.3 Å². The Morgan fingerprint density at radius 2 is 1.82 bits per heavy atom. The zero-order valence-corrected chi connectivity index (χ0v) is 23.5. The number of hydrogen-bond acceptors (Lipinski definition) is 7. The number of aromatic nitrogens is 1. The highest BCUT2D eigenvalue weighted by Gasteiger charge is 2.31. The van der Waals surface area contributed by atoms with E-state index in [2.05, 4.69) is 9.44 Å². The van der Waals surface area contributed by atoms with Gasteiger partial charge in [-0.3, -0.25) is 18.7 Å². The molecular formula is C27H32FN3O5S2. The second-order valence-electron chi connectivity index (χ2n) is 10.4. The van der Waals surface area contributed by atoms with Gasteiger partial charge in [-0.25, -0.2) is 9.11 Å². The molecule has 2 aromatic carbocycles. The van der Waals surface area contributed by atoms with Crippen molar-refractivity contribution >= 4 is 27.9 Å². The van der Waals surface area contributed by atoms with Crippen LogP contribution in [0.5, 0.6) is 0 Å². The summed E-state index contributed by atoms with van der Waals surface area (Å²) in [6, 6.07) is 9.64. The van der Waals surface area contributed by atoms with Gasteiger partial charge >= 0.3 is 0 Å². The molecule has 4 rings (SSSR count). The van der Waals surface area contributed by atoms with Crippen molar-refractivity contribution in [2.45, 2.75) is 50.8 Å². The number of benzene rings is 2. The van der Waals surface area contributed by atoms with E-state index in [-0.39, 0.29) is 29.2 Å². The number of ketones is 1. The monoisotopic (exact) mass is 561 g/mol. The molecule has 0 spiro atoms. The van der Waals surface area contributed by atoms with Crippen molar-refractivity contribution in [1.82, 2.24) is 14.0 Å². The second-order valence-corrected chi connectivity index (χ2v) is 14.4. The van der Waals surface area contributed by atoms with Gasteiger partial charge in [0.25, 0.3) is 5.56 Å². The van der Waals surface area contributed by atoms with Crippen LogP contribution in [0.25, 0.3) is 11.1 Å². The maximum absolute atomic E-state index is 13.7. The molecule has 1 unspecified atom stereocenters. The lowest BCUT2D eigenvalue weighted by Gasteiger charge is -2.38. The van der Waals surface area contributed by atoms with E-state index in [0.717, 1.165) is 5.56 Å². The van der Waals surface area contributed by atoms with Crippen molar-refractivity contribution in [2.24, 2.45) is 7.05 Å². The molecule has 1 aliphatic rings. The number of hydrogen-bond donors (Lipinski definition) is 4. The number of pyridine rings is 1. The van der Waals surface area contributed by atoms with E-state index in [1.807, 2.05) is 20.8 Å². The zero-order valence-electron chi connectivity index (χ0n) is 21.9. The van der Waals surface area contributed by atoms with E-state index in [4.69, 9.17) is 0 Å². The molecule has 0 fully saturated rings. The van der Waals surface area contributed by atoms with Crippen molar-refractivity contribution < 1.29 is 22.8 Å². The Labute approximate surface area is 226 Å². The molecule has 0 radical (unpaired) electrons. The normalized spacial score (nSPS) is 17.4. The van der Waals surface area contributed by atoms with Crippen LogP contribution in [-0.2, 0) is 30.7 Å². The molecule has 1 aromatic heterocycles. The highest BCUT2D eigenvalue weighted by molar-refractivity contribution is 8.22. The Morgan fingerprint density at radius 3 is 2.45 bits per heavy atom. The van der Waals surface area contributed by atoms with E-state index >= 15 is 0 Å². The van der Waals surface area contributed by atoms with Crippen LogP contribution in [0.15, 0.2) is 53.5 Å². The van der Waals surface area contributed by atoms with E-state index in [1.165, 1.54) is 34.9 Å². The maximum atomic E-state index is 13.7. The molecule has 4 N–H and O–H groups in total. The minimum absolute atomic E-state index is 0.0384. The van der Waals surface area contributed by atoms with Crippen LogP contribution in [0.3, 0.4) is 0 Å². The van der Waals surface area contributed by atoms with E-state index < -0.39 is 38.7 Å². The summed E-state index contributed by atoms with van der Waals surface area (Å²) in [4.78, 5) is 26.4. The van der Waals surface area contributed by atoms with Crippen molar-refractivity contribution in [3.63, 3.8) is 0 Å². The largest absolute Gasteiger partial charge is 0.598 e. The van der Waals surface area contributed by atoms with Crippen molar-refractivity contribution in [1.29, 1.82) is 0 Å². The third-order valence-electron chi connectivity index (χ3n) is 6.40. The Hall–Kier alpha value is -2.51. The number of carbonyl (C=O) groups excluding carboxylic acids is 1. The third kappa shape index (κ3) is 6.04. The number of nitrogens with zero attached hydrogens (tertiary/aromatic N) is 1. The molecule has 2 atom stereocenters. The zero-order chi connectivity index (χ0) is 28.0. The summed E-state index contributed by atoms with van der Waals surface area (Å²) in [7, 11) is -1.44. The molecule has 0 saturated carbocycles. The first-order valence-corrected chi connectivity index (χ1v) is 14.9. The summed E-state index contributed by atoms with van der Waals surface area (Å²) < 4.78 is 53.7. The Bertz CT molecular complexity index is 1430. The molecule has 3 aromatic rings. The maximum Gasteiger partial charge on any atom is 0.250 e. The molecule has 8 nitrogen and oxygen atoms in total. The van der Waals surface area contributed by atoms with Gasteiger partial charge in [-0.15, -0.1) is 15.5 Å². The summed E-state index contributed by atoms with van der Waals surface area (Å²) in [5.74, 6) is -0.851. The molecule has 0 bridgehead atoms. The summed E-state index contributed by atoms with van der Waals surface area (Å²) >= 11 is -1.44. The van der Waals surface area contributed by atoms with Crippen LogP contribution in [0, 0.1) is 5.82 Å². The van der Waals surface area contributed by atoms with Gasteiger partial charge in [0, 0.05) is 53.9 Å².